The number of carboxylic acids is 1. The van der Waals surface area contributed by atoms with E-state index in [2.05, 4.69) is 10.5 Å². The number of rotatable bonds is 4. The molecular weight excluding hydrogens is 311 g/mol. The summed E-state index contributed by atoms with van der Waals surface area (Å²) in [5.74, 6) is -1.13. The van der Waals surface area contributed by atoms with Crippen molar-refractivity contribution in [3.8, 4) is 0 Å². The molecule has 0 bridgehead atoms. The van der Waals surface area contributed by atoms with Crippen molar-refractivity contribution < 1.29 is 24.5 Å². The smallest absolute Gasteiger partial charge is 0.413 e. The highest BCUT2D eigenvalue weighted by atomic mass is 16.6. The van der Waals surface area contributed by atoms with Crippen LogP contribution in [0.5, 0.6) is 0 Å². The fourth-order valence-electron chi connectivity index (χ4n) is 2.72. The Balaban J connectivity index is 2.16. The molecule has 4 N–H and O–H groups in total. The third-order valence-electron chi connectivity index (χ3n) is 3.73. The molecular formula is C16H23BN2O5. The first kappa shape index (κ1) is 18.3. The van der Waals surface area contributed by atoms with Gasteiger partial charge in [0.25, 0.3) is 0 Å². The van der Waals surface area contributed by atoms with Gasteiger partial charge in [-0.3, -0.25) is 0 Å². The van der Waals surface area contributed by atoms with E-state index < -0.39 is 30.8 Å². The lowest BCUT2D eigenvalue weighted by molar-refractivity contribution is -0.139. The van der Waals surface area contributed by atoms with Gasteiger partial charge in [0.1, 0.15) is 11.6 Å². The summed E-state index contributed by atoms with van der Waals surface area (Å²) in [5, 5.41) is 24.7. The molecule has 0 fully saturated rings. The Bertz CT molecular complexity index is 629. The Hall–Kier alpha value is -2.06. The summed E-state index contributed by atoms with van der Waals surface area (Å²) >= 11 is 0. The summed E-state index contributed by atoms with van der Waals surface area (Å²) in [6, 6.07) is 4.31. The van der Waals surface area contributed by atoms with E-state index in [-0.39, 0.29) is 6.42 Å². The monoisotopic (exact) mass is 334 g/mol. The molecule has 0 aliphatic carbocycles. The number of carbonyl (C=O) groups is 2. The second-order valence-corrected chi connectivity index (χ2v) is 6.83. The zero-order chi connectivity index (χ0) is 17.9. The summed E-state index contributed by atoms with van der Waals surface area (Å²) in [5.41, 5.74) is 1.78. The largest absolute Gasteiger partial charge is 0.480 e. The number of carbonyl (C=O) groups excluding carboxylic acids is 1. The van der Waals surface area contributed by atoms with Crippen LogP contribution in [0.2, 0.25) is 0 Å². The van der Waals surface area contributed by atoms with Crippen LogP contribution in [-0.2, 0) is 22.4 Å². The van der Waals surface area contributed by atoms with Gasteiger partial charge in [0.15, 0.2) is 0 Å². The number of hydrogen-bond acceptors (Lipinski definition) is 5. The molecule has 0 saturated heterocycles. The molecule has 0 aromatic heterocycles. The highest BCUT2D eigenvalue weighted by Gasteiger charge is 2.28. The molecule has 0 saturated carbocycles. The van der Waals surface area contributed by atoms with Gasteiger partial charge in [-0.2, -0.15) is 0 Å². The van der Waals surface area contributed by atoms with Crippen LogP contribution in [0.4, 0.5) is 4.79 Å². The van der Waals surface area contributed by atoms with Gasteiger partial charge < -0.3 is 25.4 Å². The Morgan fingerprint density at radius 3 is 2.75 bits per heavy atom. The van der Waals surface area contributed by atoms with Gasteiger partial charge in [0.05, 0.1) is 0 Å². The second-order valence-electron chi connectivity index (χ2n) is 6.83. The Kier molecular flexibility index (Phi) is 5.51. The molecule has 2 rings (SSSR count). The van der Waals surface area contributed by atoms with Crippen molar-refractivity contribution in [2.75, 3.05) is 6.54 Å². The van der Waals surface area contributed by atoms with Crippen molar-refractivity contribution in [2.24, 2.45) is 0 Å². The summed E-state index contributed by atoms with van der Waals surface area (Å²) in [6.07, 6.45) is 0.0626. The topological polar surface area (TPSA) is 108 Å². The van der Waals surface area contributed by atoms with Crippen LogP contribution in [-0.4, -0.2) is 47.4 Å². The molecule has 1 aliphatic rings. The average Bonchev–Trinajstić information content (AvgIpc) is 2.45. The Morgan fingerprint density at radius 2 is 2.12 bits per heavy atom. The van der Waals surface area contributed by atoms with E-state index in [4.69, 9.17) is 4.74 Å². The maximum atomic E-state index is 11.9. The molecule has 0 radical (unpaired) electrons. The van der Waals surface area contributed by atoms with Crippen molar-refractivity contribution in [1.82, 2.24) is 10.5 Å². The standard InChI is InChI=1S/C16H23BN2O5/c1-16(2,3)24-15(22)19-13(14(20)21)9-10-5-4-6-12-11(10)7-8-18-17(12)23/h4-6,13,18,23H,7-9H2,1-3H3,(H,19,22)(H,20,21)/t13-/m0/s1. The number of nitrogens with one attached hydrogen (secondary N) is 2. The minimum absolute atomic E-state index is 0.129. The molecule has 7 nitrogen and oxygen atoms in total. The number of aliphatic carboxylic acids is 1. The van der Waals surface area contributed by atoms with Gasteiger partial charge in [-0.05, 0) is 50.3 Å². The first-order valence-electron chi connectivity index (χ1n) is 7.92. The van der Waals surface area contributed by atoms with Crippen LogP contribution in [0, 0.1) is 0 Å². The zero-order valence-electron chi connectivity index (χ0n) is 14.1. The first-order chi connectivity index (χ1) is 11.2. The lowest BCUT2D eigenvalue weighted by Crippen LogP contribution is -2.52. The fraction of sp³-hybridized carbons (Fsp3) is 0.500. The maximum Gasteiger partial charge on any atom is 0.413 e. The minimum Gasteiger partial charge on any atom is -0.480 e. The van der Waals surface area contributed by atoms with E-state index in [0.29, 0.717) is 13.0 Å². The summed E-state index contributed by atoms with van der Waals surface area (Å²) < 4.78 is 5.12. The van der Waals surface area contributed by atoms with Gasteiger partial charge in [0.2, 0.25) is 0 Å². The van der Waals surface area contributed by atoms with Crippen LogP contribution < -0.4 is 16.0 Å². The van der Waals surface area contributed by atoms with Crippen LogP contribution in [0.15, 0.2) is 18.2 Å². The first-order valence-corrected chi connectivity index (χ1v) is 7.92. The van der Waals surface area contributed by atoms with E-state index in [1.54, 1.807) is 26.8 Å². The number of hydrogen-bond donors (Lipinski definition) is 4. The van der Waals surface area contributed by atoms with Crippen LogP contribution >= 0.6 is 0 Å². The van der Waals surface area contributed by atoms with E-state index in [0.717, 1.165) is 16.6 Å². The van der Waals surface area contributed by atoms with E-state index in [1.165, 1.54) is 0 Å². The highest BCUT2D eigenvalue weighted by Crippen LogP contribution is 2.14. The van der Waals surface area contributed by atoms with E-state index in [1.807, 2.05) is 12.1 Å². The average molecular weight is 334 g/mol. The van der Waals surface area contributed by atoms with Crippen LogP contribution in [0.3, 0.4) is 0 Å². The molecule has 1 atom stereocenters. The zero-order valence-corrected chi connectivity index (χ0v) is 14.1. The SMILES string of the molecule is CC(C)(C)OC(=O)N[C@@H](Cc1cccc2c1CCNB2O)C(=O)O. The Labute approximate surface area is 141 Å². The predicted molar refractivity (Wildman–Crippen MR) is 90.3 cm³/mol. The van der Waals surface area contributed by atoms with Gasteiger partial charge in [0, 0.05) is 6.42 Å². The third-order valence-corrected chi connectivity index (χ3v) is 3.73. The molecule has 0 unspecified atom stereocenters. The number of ether oxygens (including phenoxy) is 1. The van der Waals surface area contributed by atoms with Crippen molar-refractivity contribution in [2.45, 2.75) is 45.3 Å². The lowest BCUT2D eigenvalue weighted by Gasteiger charge is -2.25. The minimum atomic E-state index is -1.13. The van der Waals surface area contributed by atoms with Gasteiger partial charge in [-0.15, -0.1) is 0 Å². The molecule has 1 aromatic carbocycles. The van der Waals surface area contributed by atoms with Crippen molar-refractivity contribution >= 4 is 24.6 Å². The van der Waals surface area contributed by atoms with Crippen molar-refractivity contribution in [1.29, 1.82) is 0 Å². The lowest BCUT2D eigenvalue weighted by atomic mass is 9.67. The van der Waals surface area contributed by atoms with Crippen molar-refractivity contribution in [3.63, 3.8) is 0 Å². The van der Waals surface area contributed by atoms with Gasteiger partial charge in [-0.1, -0.05) is 18.2 Å². The molecule has 1 aliphatic heterocycles. The van der Waals surface area contributed by atoms with Gasteiger partial charge >= 0.3 is 19.1 Å². The molecule has 1 heterocycles. The summed E-state index contributed by atoms with van der Waals surface area (Å²) in [7, 11) is -0.754. The molecule has 1 aromatic rings. The van der Waals surface area contributed by atoms with Crippen LogP contribution in [0.25, 0.3) is 0 Å². The number of amides is 1. The highest BCUT2D eigenvalue weighted by molar-refractivity contribution is 6.64. The molecule has 24 heavy (non-hydrogen) atoms. The van der Waals surface area contributed by atoms with E-state index >= 15 is 0 Å². The summed E-state index contributed by atoms with van der Waals surface area (Å²) in [6.45, 7) is 5.75. The number of fused-ring (bicyclic) bond motifs is 1. The molecule has 0 spiro atoms. The fourth-order valence-corrected chi connectivity index (χ4v) is 2.72. The van der Waals surface area contributed by atoms with Crippen molar-refractivity contribution in [3.05, 3.63) is 29.3 Å². The molecule has 8 heteroatoms. The quantitative estimate of drug-likeness (QED) is 0.579. The normalized spacial score (nSPS) is 15.4. The summed E-state index contributed by atoms with van der Waals surface area (Å²) in [4.78, 5) is 23.4. The number of benzene rings is 1. The van der Waals surface area contributed by atoms with Gasteiger partial charge in [-0.25, -0.2) is 9.59 Å². The molecule has 1 amide bonds. The Morgan fingerprint density at radius 1 is 1.42 bits per heavy atom. The third kappa shape index (κ3) is 4.72. The maximum absolute atomic E-state index is 11.9. The van der Waals surface area contributed by atoms with Crippen LogP contribution in [0.1, 0.15) is 31.9 Å². The number of carboxylic acid groups (broad SMARTS) is 1. The molecule has 130 valence electrons. The number of alkyl carbamates (subject to hydrolysis) is 1. The second kappa shape index (κ2) is 7.23. The predicted octanol–water partition coefficient (Wildman–Crippen LogP) is 0.0402. The van der Waals surface area contributed by atoms with E-state index in [9.17, 15) is 19.7 Å².